The van der Waals surface area contributed by atoms with Gasteiger partial charge in [-0.3, -0.25) is 0 Å². The number of hydrogen-bond donors (Lipinski definition) is 1. The summed E-state index contributed by atoms with van der Waals surface area (Å²) in [7, 11) is 0. The minimum absolute atomic E-state index is 0.666. The average molecular weight is 260 g/mol. The highest BCUT2D eigenvalue weighted by atomic mass is 15.2. The van der Waals surface area contributed by atoms with Crippen LogP contribution in [0.2, 0.25) is 0 Å². The van der Waals surface area contributed by atoms with Gasteiger partial charge in [-0.15, -0.1) is 0 Å². The van der Waals surface area contributed by atoms with Gasteiger partial charge in [-0.05, 0) is 37.9 Å². The zero-order valence-electron chi connectivity index (χ0n) is 12.3. The number of anilines is 1. The largest absolute Gasteiger partial charge is 0.370 e. The van der Waals surface area contributed by atoms with Gasteiger partial charge in [0.15, 0.2) is 0 Å². The van der Waals surface area contributed by atoms with Crippen molar-refractivity contribution in [3.63, 3.8) is 0 Å². The van der Waals surface area contributed by atoms with Crippen molar-refractivity contribution in [3.8, 4) is 0 Å². The average Bonchev–Trinajstić information content (AvgIpc) is 2.73. The SMILES string of the molecule is CCCCN(CC1CCCCCN1)c1ccccc1. The van der Waals surface area contributed by atoms with E-state index in [1.807, 2.05) is 0 Å². The van der Waals surface area contributed by atoms with Crippen LogP contribution in [0.5, 0.6) is 0 Å². The molecule has 2 nitrogen and oxygen atoms in total. The number of unbranched alkanes of at least 4 members (excludes halogenated alkanes) is 1. The molecule has 1 fully saturated rings. The van der Waals surface area contributed by atoms with E-state index in [0.29, 0.717) is 6.04 Å². The van der Waals surface area contributed by atoms with Crippen molar-refractivity contribution in [3.05, 3.63) is 30.3 Å². The van der Waals surface area contributed by atoms with E-state index in [-0.39, 0.29) is 0 Å². The van der Waals surface area contributed by atoms with E-state index in [4.69, 9.17) is 0 Å². The van der Waals surface area contributed by atoms with Crippen molar-refractivity contribution < 1.29 is 0 Å². The highest BCUT2D eigenvalue weighted by molar-refractivity contribution is 5.46. The maximum Gasteiger partial charge on any atom is 0.0366 e. The van der Waals surface area contributed by atoms with E-state index in [1.54, 1.807) is 0 Å². The summed E-state index contributed by atoms with van der Waals surface area (Å²) in [5, 5.41) is 3.72. The van der Waals surface area contributed by atoms with Crippen molar-refractivity contribution in [1.29, 1.82) is 0 Å². The minimum Gasteiger partial charge on any atom is -0.370 e. The third-order valence-electron chi connectivity index (χ3n) is 4.01. The van der Waals surface area contributed by atoms with Crippen LogP contribution in [0.3, 0.4) is 0 Å². The molecule has 1 unspecified atom stereocenters. The Kier molecular flexibility index (Phi) is 6.22. The lowest BCUT2D eigenvalue weighted by Gasteiger charge is -2.29. The van der Waals surface area contributed by atoms with Crippen molar-refractivity contribution in [2.75, 3.05) is 24.5 Å². The molecule has 1 atom stereocenters. The lowest BCUT2D eigenvalue weighted by Crippen LogP contribution is -2.41. The molecular formula is C17H28N2. The van der Waals surface area contributed by atoms with E-state index < -0.39 is 0 Å². The van der Waals surface area contributed by atoms with Crippen LogP contribution >= 0.6 is 0 Å². The van der Waals surface area contributed by atoms with Gasteiger partial charge in [0.1, 0.15) is 0 Å². The first-order chi connectivity index (χ1) is 9.40. The molecule has 1 heterocycles. The fourth-order valence-electron chi connectivity index (χ4n) is 2.84. The van der Waals surface area contributed by atoms with Gasteiger partial charge in [-0.1, -0.05) is 44.4 Å². The molecule has 19 heavy (non-hydrogen) atoms. The van der Waals surface area contributed by atoms with Crippen molar-refractivity contribution in [1.82, 2.24) is 5.32 Å². The Hall–Kier alpha value is -1.02. The zero-order valence-corrected chi connectivity index (χ0v) is 12.3. The predicted molar refractivity (Wildman–Crippen MR) is 83.8 cm³/mol. The van der Waals surface area contributed by atoms with Crippen molar-refractivity contribution >= 4 is 5.69 Å². The third-order valence-corrected chi connectivity index (χ3v) is 4.01. The molecule has 1 aliphatic rings. The lowest BCUT2D eigenvalue weighted by molar-refractivity contribution is 0.497. The molecule has 1 aromatic carbocycles. The molecule has 1 saturated heterocycles. The summed E-state index contributed by atoms with van der Waals surface area (Å²) in [6.45, 7) is 5.80. The van der Waals surface area contributed by atoms with Crippen LogP contribution in [-0.2, 0) is 0 Å². The molecule has 0 radical (unpaired) electrons. The van der Waals surface area contributed by atoms with Gasteiger partial charge in [-0.2, -0.15) is 0 Å². The standard InChI is InChI=1S/C17H28N2/c1-2-3-14-19(17-11-7-4-8-12-17)15-16-10-6-5-9-13-18-16/h4,7-8,11-12,16,18H,2-3,5-6,9-10,13-15H2,1H3. The summed E-state index contributed by atoms with van der Waals surface area (Å²) >= 11 is 0. The number of hydrogen-bond acceptors (Lipinski definition) is 2. The summed E-state index contributed by atoms with van der Waals surface area (Å²) in [5.74, 6) is 0. The Bertz CT molecular complexity index is 328. The highest BCUT2D eigenvalue weighted by Crippen LogP contribution is 2.17. The van der Waals surface area contributed by atoms with E-state index in [9.17, 15) is 0 Å². The van der Waals surface area contributed by atoms with E-state index in [1.165, 1.54) is 57.3 Å². The third kappa shape index (κ3) is 4.87. The van der Waals surface area contributed by atoms with Crippen LogP contribution in [0, 0.1) is 0 Å². The molecule has 0 bridgehead atoms. The number of benzene rings is 1. The molecular weight excluding hydrogens is 232 g/mol. The first kappa shape index (κ1) is 14.4. The Morgan fingerprint density at radius 3 is 2.79 bits per heavy atom. The molecule has 0 spiro atoms. The van der Waals surface area contributed by atoms with Crippen LogP contribution in [0.15, 0.2) is 30.3 Å². The van der Waals surface area contributed by atoms with Crippen LogP contribution in [0.1, 0.15) is 45.4 Å². The maximum absolute atomic E-state index is 3.72. The molecule has 1 N–H and O–H groups in total. The van der Waals surface area contributed by atoms with Gasteiger partial charge in [0.05, 0.1) is 0 Å². The van der Waals surface area contributed by atoms with Crippen LogP contribution < -0.4 is 10.2 Å². The van der Waals surface area contributed by atoms with Gasteiger partial charge in [-0.25, -0.2) is 0 Å². The Balaban J connectivity index is 1.96. The zero-order chi connectivity index (χ0) is 13.3. The lowest BCUT2D eigenvalue weighted by atomic mass is 10.1. The molecule has 2 rings (SSSR count). The van der Waals surface area contributed by atoms with E-state index in [2.05, 4.69) is 47.5 Å². The second-order valence-electron chi connectivity index (χ2n) is 5.64. The summed E-state index contributed by atoms with van der Waals surface area (Å²) in [6.07, 6.45) is 7.99. The normalized spacial score (nSPS) is 19.9. The Labute approximate surface area is 118 Å². The fourth-order valence-corrected chi connectivity index (χ4v) is 2.84. The molecule has 106 valence electrons. The minimum atomic E-state index is 0.666. The molecule has 1 aromatic rings. The smallest absolute Gasteiger partial charge is 0.0366 e. The molecule has 0 saturated carbocycles. The summed E-state index contributed by atoms with van der Waals surface area (Å²) < 4.78 is 0. The number of nitrogens with one attached hydrogen (secondary N) is 1. The van der Waals surface area contributed by atoms with Crippen LogP contribution in [0.4, 0.5) is 5.69 Å². The number of rotatable bonds is 6. The van der Waals surface area contributed by atoms with Crippen molar-refractivity contribution in [2.45, 2.75) is 51.5 Å². The van der Waals surface area contributed by atoms with Gasteiger partial charge < -0.3 is 10.2 Å². The Morgan fingerprint density at radius 2 is 2.00 bits per heavy atom. The van der Waals surface area contributed by atoms with E-state index >= 15 is 0 Å². The molecule has 1 aliphatic heterocycles. The van der Waals surface area contributed by atoms with Gasteiger partial charge in [0.25, 0.3) is 0 Å². The van der Waals surface area contributed by atoms with Gasteiger partial charge in [0, 0.05) is 24.8 Å². The second kappa shape index (κ2) is 8.21. The van der Waals surface area contributed by atoms with Gasteiger partial charge in [0.2, 0.25) is 0 Å². The fraction of sp³-hybridized carbons (Fsp3) is 0.647. The van der Waals surface area contributed by atoms with Gasteiger partial charge >= 0.3 is 0 Å². The number of nitrogens with zero attached hydrogens (tertiary/aromatic N) is 1. The molecule has 2 heteroatoms. The quantitative estimate of drug-likeness (QED) is 0.836. The summed E-state index contributed by atoms with van der Waals surface area (Å²) in [6, 6.07) is 11.5. The van der Waals surface area contributed by atoms with E-state index in [0.717, 1.165) is 6.54 Å². The van der Waals surface area contributed by atoms with Crippen molar-refractivity contribution in [2.24, 2.45) is 0 Å². The molecule has 0 aliphatic carbocycles. The second-order valence-corrected chi connectivity index (χ2v) is 5.64. The molecule has 0 aromatic heterocycles. The Morgan fingerprint density at radius 1 is 1.16 bits per heavy atom. The van der Waals surface area contributed by atoms with Crippen LogP contribution in [0.25, 0.3) is 0 Å². The first-order valence-corrected chi connectivity index (χ1v) is 7.93. The summed E-state index contributed by atoms with van der Waals surface area (Å²) in [4.78, 5) is 2.56. The summed E-state index contributed by atoms with van der Waals surface area (Å²) in [5.41, 5.74) is 1.38. The highest BCUT2D eigenvalue weighted by Gasteiger charge is 2.15. The topological polar surface area (TPSA) is 15.3 Å². The predicted octanol–water partition coefficient (Wildman–Crippen LogP) is 3.83. The first-order valence-electron chi connectivity index (χ1n) is 7.93. The monoisotopic (exact) mass is 260 g/mol. The number of para-hydroxylation sites is 1. The maximum atomic E-state index is 3.72. The van der Waals surface area contributed by atoms with Crippen LogP contribution in [-0.4, -0.2) is 25.7 Å². The molecule has 0 amide bonds.